The highest BCUT2D eigenvalue weighted by Crippen LogP contribution is 2.33. The van der Waals surface area contributed by atoms with E-state index in [-0.39, 0.29) is 5.02 Å². The van der Waals surface area contributed by atoms with Crippen molar-refractivity contribution < 1.29 is 22.7 Å². The smallest absolute Gasteiger partial charge is 0.404 e. The second-order valence-electron chi connectivity index (χ2n) is 4.03. The Morgan fingerprint density at radius 3 is 2.29 bits per heavy atom. The maximum Gasteiger partial charge on any atom is 0.573 e. The Morgan fingerprint density at radius 1 is 1.29 bits per heavy atom. The van der Waals surface area contributed by atoms with Crippen molar-refractivity contribution in [1.29, 1.82) is 0 Å². The fourth-order valence-corrected chi connectivity index (χ4v) is 1.40. The van der Waals surface area contributed by atoms with Crippen LogP contribution >= 0.6 is 11.6 Å². The van der Waals surface area contributed by atoms with E-state index in [4.69, 9.17) is 11.6 Å². The van der Waals surface area contributed by atoms with Gasteiger partial charge in [-0.05, 0) is 31.5 Å². The number of rotatable bonds is 3. The predicted octanol–water partition coefficient (Wildman–Crippen LogP) is 3.72. The normalized spacial score (nSPS) is 12.4. The van der Waals surface area contributed by atoms with E-state index < -0.39 is 17.5 Å². The van der Waals surface area contributed by atoms with Gasteiger partial charge in [-0.15, -0.1) is 13.2 Å². The van der Waals surface area contributed by atoms with E-state index in [2.05, 4.69) is 4.74 Å². The lowest BCUT2D eigenvalue weighted by molar-refractivity contribution is -0.274. The van der Waals surface area contributed by atoms with E-state index in [0.29, 0.717) is 11.8 Å². The van der Waals surface area contributed by atoms with Gasteiger partial charge in [0.1, 0.15) is 12.0 Å². The minimum atomic E-state index is -4.79. The van der Waals surface area contributed by atoms with E-state index in [1.54, 1.807) is 13.8 Å². The average Bonchev–Trinajstić information content (AvgIpc) is 2.19. The summed E-state index contributed by atoms with van der Waals surface area (Å²) in [4.78, 5) is 10.8. The third kappa shape index (κ3) is 3.63. The molecular weight excluding hydrogens is 257 g/mol. The molecule has 0 fully saturated rings. The Morgan fingerprint density at radius 2 is 1.88 bits per heavy atom. The van der Waals surface area contributed by atoms with Crippen molar-refractivity contribution in [2.45, 2.75) is 25.6 Å². The number of carbonyl (C=O) groups is 1. The van der Waals surface area contributed by atoms with Crippen LogP contribution in [0.2, 0.25) is 5.02 Å². The van der Waals surface area contributed by atoms with Crippen molar-refractivity contribution in [2.24, 2.45) is 0 Å². The SMILES string of the molecule is CC(C)(C=O)c1ccc(OC(F)(F)F)c(Cl)c1. The van der Waals surface area contributed by atoms with Gasteiger partial charge in [0, 0.05) is 5.41 Å². The lowest BCUT2D eigenvalue weighted by Crippen LogP contribution is -2.20. The number of alkyl halides is 3. The van der Waals surface area contributed by atoms with Crippen LogP contribution in [0, 0.1) is 0 Å². The number of hydrogen-bond donors (Lipinski definition) is 0. The third-order valence-electron chi connectivity index (χ3n) is 2.20. The molecule has 0 aliphatic heterocycles. The quantitative estimate of drug-likeness (QED) is 0.780. The highest BCUT2D eigenvalue weighted by molar-refractivity contribution is 6.32. The maximum absolute atomic E-state index is 12.0. The summed E-state index contributed by atoms with van der Waals surface area (Å²) in [6, 6.07) is 3.76. The average molecular weight is 267 g/mol. The van der Waals surface area contributed by atoms with Gasteiger partial charge >= 0.3 is 6.36 Å². The fraction of sp³-hybridized carbons (Fsp3) is 0.364. The molecule has 0 aromatic heterocycles. The Labute approximate surface area is 101 Å². The zero-order valence-corrected chi connectivity index (χ0v) is 9.89. The first-order chi connectivity index (χ1) is 7.65. The summed E-state index contributed by atoms with van der Waals surface area (Å²) in [5, 5.41) is -0.185. The summed E-state index contributed by atoms with van der Waals surface area (Å²) in [6.45, 7) is 3.27. The van der Waals surface area contributed by atoms with Crippen molar-refractivity contribution in [3.05, 3.63) is 28.8 Å². The standard InChI is InChI=1S/C11H10ClF3O2/c1-10(2,6-16)7-3-4-9(8(12)5-7)17-11(13,14)15/h3-6H,1-2H3. The van der Waals surface area contributed by atoms with Gasteiger partial charge in [0.2, 0.25) is 0 Å². The van der Waals surface area contributed by atoms with Crippen LogP contribution in [0.15, 0.2) is 18.2 Å². The molecule has 1 aromatic rings. The molecular formula is C11H10ClF3O2. The van der Waals surface area contributed by atoms with Crippen LogP contribution in [-0.2, 0) is 10.2 Å². The summed E-state index contributed by atoms with van der Waals surface area (Å²) < 4.78 is 39.7. The largest absolute Gasteiger partial charge is 0.573 e. The monoisotopic (exact) mass is 266 g/mol. The summed E-state index contributed by atoms with van der Waals surface area (Å²) in [7, 11) is 0. The van der Waals surface area contributed by atoms with Crippen LogP contribution in [0.25, 0.3) is 0 Å². The summed E-state index contributed by atoms with van der Waals surface area (Å²) >= 11 is 5.66. The second kappa shape index (κ2) is 4.56. The van der Waals surface area contributed by atoms with Gasteiger partial charge in [-0.25, -0.2) is 0 Å². The maximum atomic E-state index is 12.0. The number of aldehydes is 1. The minimum Gasteiger partial charge on any atom is -0.404 e. The van der Waals surface area contributed by atoms with Crippen molar-refractivity contribution in [3.8, 4) is 5.75 Å². The Bertz CT molecular complexity index is 427. The Hall–Kier alpha value is -1.23. The van der Waals surface area contributed by atoms with E-state index in [0.717, 1.165) is 6.07 Å². The van der Waals surface area contributed by atoms with Gasteiger partial charge in [-0.2, -0.15) is 0 Å². The molecule has 0 spiro atoms. The zero-order valence-electron chi connectivity index (χ0n) is 9.14. The minimum absolute atomic E-state index is 0.185. The van der Waals surface area contributed by atoms with Crippen molar-refractivity contribution in [2.75, 3.05) is 0 Å². The van der Waals surface area contributed by atoms with Crippen molar-refractivity contribution in [3.63, 3.8) is 0 Å². The molecule has 0 saturated heterocycles. The first-order valence-corrected chi connectivity index (χ1v) is 5.05. The van der Waals surface area contributed by atoms with E-state index in [1.165, 1.54) is 12.1 Å². The van der Waals surface area contributed by atoms with Crippen LogP contribution in [0.4, 0.5) is 13.2 Å². The molecule has 0 saturated carbocycles. The van der Waals surface area contributed by atoms with Gasteiger partial charge in [0.15, 0.2) is 0 Å². The highest BCUT2D eigenvalue weighted by atomic mass is 35.5. The van der Waals surface area contributed by atoms with Crippen molar-refractivity contribution in [1.82, 2.24) is 0 Å². The molecule has 0 amide bonds. The summed E-state index contributed by atoms with van der Waals surface area (Å²) in [6.07, 6.45) is -4.09. The lowest BCUT2D eigenvalue weighted by Gasteiger charge is -2.18. The first kappa shape index (κ1) is 13.8. The Balaban J connectivity index is 3.06. The van der Waals surface area contributed by atoms with E-state index >= 15 is 0 Å². The molecule has 0 aliphatic rings. The molecule has 2 nitrogen and oxygen atoms in total. The number of benzene rings is 1. The topological polar surface area (TPSA) is 26.3 Å². The molecule has 0 atom stereocenters. The fourth-order valence-electron chi connectivity index (χ4n) is 1.18. The van der Waals surface area contributed by atoms with Gasteiger partial charge < -0.3 is 9.53 Å². The molecule has 0 aliphatic carbocycles. The lowest BCUT2D eigenvalue weighted by atomic mass is 9.86. The molecule has 1 aromatic carbocycles. The molecule has 94 valence electrons. The number of halogens is 4. The summed E-state index contributed by atoms with van der Waals surface area (Å²) in [5.74, 6) is -0.482. The van der Waals surface area contributed by atoms with Crippen LogP contribution in [0.5, 0.6) is 5.75 Å². The number of carbonyl (C=O) groups excluding carboxylic acids is 1. The van der Waals surface area contributed by atoms with E-state index in [1.807, 2.05) is 0 Å². The second-order valence-corrected chi connectivity index (χ2v) is 4.44. The van der Waals surface area contributed by atoms with Gasteiger partial charge in [0.05, 0.1) is 5.02 Å². The summed E-state index contributed by atoms with van der Waals surface area (Å²) in [5.41, 5.74) is -0.285. The molecule has 1 rings (SSSR count). The molecule has 17 heavy (non-hydrogen) atoms. The first-order valence-electron chi connectivity index (χ1n) is 4.68. The third-order valence-corrected chi connectivity index (χ3v) is 2.49. The van der Waals surface area contributed by atoms with Crippen molar-refractivity contribution >= 4 is 17.9 Å². The molecule has 6 heteroatoms. The molecule has 0 bridgehead atoms. The van der Waals surface area contributed by atoms with Gasteiger partial charge in [0.25, 0.3) is 0 Å². The molecule has 0 N–H and O–H groups in total. The van der Waals surface area contributed by atoms with Crippen LogP contribution in [-0.4, -0.2) is 12.6 Å². The molecule has 0 radical (unpaired) electrons. The molecule has 0 heterocycles. The van der Waals surface area contributed by atoms with Gasteiger partial charge in [-0.3, -0.25) is 0 Å². The predicted molar refractivity (Wildman–Crippen MR) is 57.2 cm³/mol. The van der Waals surface area contributed by atoms with E-state index in [9.17, 15) is 18.0 Å². The zero-order chi connectivity index (χ0) is 13.3. The Kier molecular flexibility index (Phi) is 3.71. The molecule has 0 unspecified atom stereocenters. The number of ether oxygens (including phenoxy) is 1. The van der Waals surface area contributed by atoms with Crippen LogP contribution in [0.3, 0.4) is 0 Å². The van der Waals surface area contributed by atoms with Crippen LogP contribution in [0.1, 0.15) is 19.4 Å². The number of hydrogen-bond acceptors (Lipinski definition) is 2. The highest BCUT2D eigenvalue weighted by Gasteiger charge is 2.32. The van der Waals surface area contributed by atoms with Gasteiger partial charge in [-0.1, -0.05) is 17.7 Å². The van der Waals surface area contributed by atoms with Crippen LogP contribution < -0.4 is 4.74 Å².